The van der Waals surface area contributed by atoms with Gasteiger partial charge in [-0.25, -0.2) is 13.1 Å². The fraction of sp³-hybridized carbons (Fsp3) is 0.600. The third-order valence-corrected chi connectivity index (χ3v) is 5.07. The van der Waals surface area contributed by atoms with Gasteiger partial charge in [-0.3, -0.25) is 0 Å². The monoisotopic (exact) mass is 298 g/mol. The quantitative estimate of drug-likeness (QED) is 0.797. The molecule has 20 heavy (non-hydrogen) atoms. The molecule has 0 fully saturated rings. The molecule has 0 saturated carbocycles. The van der Waals surface area contributed by atoms with Crippen LogP contribution in [0.25, 0.3) is 0 Å². The summed E-state index contributed by atoms with van der Waals surface area (Å²) in [7, 11) is 0.701. The summed E-state index contributed by atoms with van der Waals surface area (Å²) in [4.78, 5) is 2.01. The van der Waals surface area contributed by atoms with E-state index in [4.69, 9.17) is 0 Å². The third-order valence-electron chi connectivity index (χ3n) is 3.66. The Bertz CT molecular complexity index is 496. The topological polar surface area (TPSA) is 49.4 Å². The van der Waals surface area contributed by atoms with Crippen LogP contribution in [0.4, 0.5) is 0 Å². The maximum atomic E-state index is 12.0. The van der Waals surface area contributed by atoms with E-state index in [9.17, 15) is 8.42 Å². The molecule has 5 heteroatoms. The van der Waals surface area contributed by atoms with Crippen molar-refractivity contribution in [3.8, 4) is 0 Å². The number of hydrogen-bond donors (Lipinski definition) is 1. The Labute approximate surface area is 123 Å². The maximum Gasteiger partial charge on any atom is 0.211 e. The average Bonchev–Trinajstić information content (AvgIpc) is 2.38. The van der Waals surface area contributed by atoms with E-state index in [-0.39, 0.29) is 11.3 Å². The average molecular weight is 298 g/mol. The normalized spacial score (nSPS) is 12.8. The van der Waals surface area contributed by atoms with Crippen molar-refractivity contribution in [3.63, 3.8) is 0 Å². The summed E-state index contributed by atoms with van der Waals surface area (Å²) in [5, 5.41) is 0. The SMILES string of the molecule is CN(C)C(C)(C)CNS(=O)(=O)CCCc1ccccc1. The first-order valence-corrected chi connectivity index (χ1v) is 8.57. The molecule has 0 bridgehead atoms. The first-order chi connectivity index (χ1) is 9.23. The van der Waals surface area contributed by atoms with Gasteiger partial charge in [0.05, 0.1) is 5.75 Å². The highest BCUT2D eigenvalue weighted by molar-refractivity contribution is 7.89. The summed E-state index contributed by atoms with van der Waals surface area (Å²) in [5.74, 6) is 0.172. The Hall–Kier alpha value is -0.910. The fourth-order valence-corrected chi connectivity index (χ4v) is 2.87. The van der Waals surface area contributed by atoms with Crippen molar-refractivity contribution in [1.29, 1.82) is 0 Å². The van der Waals surface area contributed by atoms with E-state index < -0.39 is 10.0 Å². The van der Waals surface area contributed by atoms with E-state index in [1.54, 1.807) is 0 Å². The molecule has 0 aromatic heterocycles. The van der Waals surface area contributed by atoms with Gasteiger partial charge in [0, 0.05) is 12.1 Å². The van der Waals surface area contributed by atoms with Crippen LogP contribution >= 0.6 is 0 Å². The first-order valence-electron chi connectivity index (χ1n) is 6.92. The number of nitrogens with one attached hydrogen (secondary N) is 1. The van der Waals surface area contributed by atoms with Gasteiger partial charge < -0.3 is 4.90 Å². The standard InChI is InChI=1S/C15H26N2O2S/c1-15(2,17(3)4)13-16-20(18,19)12-8-11-14-9-6-5-7-10-14/h5-7,9-10,16H,8,11-13H2,1-4H3. The smallest absolute Gasteiger partial charge is 0.211 e. The zero-order chi connectivity index (χ0) is 15.2. The Morgan fingerprint density at radius 2 is 1.75 bits per heavy atom. The van der Waals surface area contributed by atoms with Crippen LogP contribution in [-0.4, -0.2) is 45.2 Å². The molecule has 0 aliphatic rings. The molecule has 0 saturated heterocycles. The van der Waals surface area contributed by atoms with Crippen LogP contribution in [-0.2, 0) is 16.4 Å². The van der Waals surface area contributed by atoms with E-state index in [1.165, 1.54) is 5.56 Å². The fourth-order valence-electron chi connectivity index (χ4n) is 1.63. The van der Waals surface area contributed by atoms with Gasteiger partial charge in [0.25, 0.3) is 0 Å². The van der Waals surface area contributed by atoms with Crippen molar-refractivity contribution in [2.75, 3.05) is 26.4 Å². The second kappa shape index (κ2) is 7.20. The molecule has 0 atom stereocenters. The molecule has 0 heterocycles. The molecule has 1 aromatic carbocycles. The van der Waals surface area contributed by atoms with Crippen LogP contribution in [0.3, 0.4) is 0 Å². The zero-order valence-corrected chi connectivity index (χ0v) is 13.7. The van der Waals surface area contributed by atoms with Gasteiger partial charge in [-0.2, -0.15) is 0 Å². The van der Waals surface area contributed by atoms with Crippen LogP contribution in [0.5, 0.6) is 0 Å². The van der Waals surface area contributed by atoms with Crippen LogP contribution in [0, 0.1) is 0 Å². The lowest BCUT2D eigenvalue weighted by Crippen LogP contribution is -2.48. The zero-order valence-electron chi connectivity index (χ0n) is 12.9. The molecule has 0 aliphatic carbocycles. The number of aryl methyl sites for hydroxylation is 1. The minimum Gasteiger partial charge on any atom is -0.303 e. The lowest BCUT2D eigenvalue weighted by atomic mass is 10.1. The predicted molar refractivity (Wildman–Crippen MR) is 84.3 cm³/mol. The van der Waals surface area contributed by atoms with Crippen molar-refractivity contribution in [2.24, 2.45) is 0 Å². The van der Waals surface area contributed by atoms with E-state index in [0.29, 0.717) is 13.0 Å². The molecule has 0 radical (unpaired) electrons. The van der Waals surface area contributed by atoms with Crippen molar-refractivity contribution >= 4 is 10.0 Å². The van der Waals surface area contributed by atoms with E-state index in [2.05, 4.69) is 4.72 Å². The number of sulfonamides is 1. The molecule has 1 aromatic rings. The van der Waals surface area contributed by atoms with Crippen LogP contribution in [0.15, 0.2) is 30.3 Å². The number of benzene rings is 1. The van der Waals surface area contributed by atoms with Gasteiger partial charge in [0.2, 0.25) is 10.0 Å². The van der Waals surface area contributed by atoms with E-state index >= 15 is 0 Å². The molecule has 1 N–H and O–H groups in total. The molecule has 4 nitrogen and oxygen atoms in total. The summed E-state index contributed by atoms with van der Waals surface area (Å²) >= 11 is 0. The van der Waals surface area contributed by atoms with Crippen molar-refractivity contribution in [3.05, 3.63) is 35.9 Å². The second-order valence-electron chi connectivity index (χ2n) is 5.94. The molecule has 0 amide bonds. The van der Waals surface area contributed by atoms with Gasteiger partial charge in [0.1, 0.15) is 0 Å². The third kappa shape index (κ3) is 6.03. The van der Waals surface area contributed by atoms with Crippen LogP contribution in [0.1, 0.15) is 25.8 Å². The lowest BCUT2D eigenvalue weighted by Gasteiger charge is -2.32. The minimum atomic E-state index is -3.20. The van der Waals surface area contributed by atoms with Gasteiger partial charge in [0.15, 0.2) is 0 Å². The molecular weight excluding hydrogens is 272 g/mol. The molecular formula is C15H26N2O2S. The summed E-state index contributed by atoms with van der Waals surface area (Å²) in [6.45, 7) is 4.45. The Kier molecular flexibility index (Phi) is 6.17. The van der Waals surface area contributed by atoms with Crippen molar-refractivity contribution < 1.29 is 8.42 Å². The highest BCUT2D eigenvalue weighted by Gasteiger charge is 2.22. The van der Waals surface area contributed by atoms with Gasteiger partial charge in [-0.15, -0.1) is 0 Å². The van der Waals surface area contributed by atoms with Crippen molar-refractivity contribution in [1.82, 2.24) is 9.62 Å². The molecule has 114 valence electrons. The largest absolute Gasteiger partial charge is 0.303 e. The number of likely N-dealkylation sites (N-methyl/N-ethyl adjacent to an activating group) is 1. The molecule has 0 aliphatic heterocycles. The van der Waals surface area contributed by atoms with Crippen LogP contribution in [0.2, 0.25) is 0 Å². The molecule has 1 rings (SSSR count). The van der Waals surface area contributed by atoms with E-state index in [0.717, 1.165) is 6.42 Å². The molecule has 0 spiro atoms. The number of nitrogens with zero attached hydrogens (tertiary/aromatic N) is 1. The Morgan fingerprint density at radius 3 is 2.30 bits per heavy atom. The first kappa shape index (κ1) is 17.1. The predicted octanol–water partition coefficient (Wildman–Crippen LogP) is 1.88. The molecule has 0 unspecified atom stereocenters. The summed E-state index contributed by atoms with van der Waals surface area (Å²) in [5.41, 5.74) is 0.989. The second-order valence-corrected chi connectivity index (χ2v) is 7.86. The summed E-state index contributed by atoms with van der Waals surface area (Å²) in [6.07, 6.45) is 1.43. The Morgan fingerprint density at radius 1 is 1.15 bits per heavy atom. The lowest BCUT2D eigenvalue weighted by molar-refractivity contribution is 0.199. The van der Waals surface area contributed by atoms with Crippen molar-refractivity contribution in [2.45, 2.75) is 32.2 Å². The number of rotatable bonds is 8. The highest BCUT2D eigenvalue weighted by atomic mass is 32.2. The number of hydrogen-bond acceptors (Lipinski definition) is 3. The van der Waals surface area contributed by atoms with Crippen LogP contribution < -0.4 is 4.72 Å². The van der Waals surface area contributed by atoms with E-state index in [1.807, 2.05) is 63.2 Å². The van der Waals surface area contributed by atoms with Gasteiger partial charge in [-0.05, 0) is 46.3 Å². The maximum absolute atomic E-state index is 12.0. The highest BCUT2D eigenvalue weighted by Crippen LogP contribution is 2.09. The van der Waals surface area contributed by atoms with Gasteiger partial charge in [-0.1, -0.05) is 30.3 Å². The Balaban J connectivity index is 2.39. The minimum absolute atomic E-state index is 0.172. The summed E-state index contributed by atoms with van der Waals surface area (Å²) in [6, 6.07) is 9.96. The van der Waals surface area contributed by atoms with Gasteiger partial charge >= 0.3 is 0 Å². The summed E-state index contributed by atoms with van der Waals surface area (Å²) < 4.78 is 26.6.